The molecule has 0 aliphatic heterocycles. The van der Waals surface area contributed by atoms with Crippen molar-refractivity contribution in [2.45, 2.75) is 18.8 Å². The van der Waals surface area contributed by atoms with E-state index in [0.717, 1.165) is 15.9 Å². The summed E-state index contributed by atoms with van der Waals surface area (Å²) in [6, 6.07) is 5.77. The summed E-state index contributed by atoms with van der Waals surface area (Å²) in [6.07, 6.45) is 2.42. The predicted molar refractivity (Wildman–Crippen MR) is 65.9 cm³/mol. The van der Waals surface area contributed by atoms with Gasteiger partial charge in [-0.15, -0.1) is 0 Å². The van der Waals surface area contributed by atoms with Crippen LogP contribution in [0.2, 0.25) is 0 Å². The first-order valence-corrected chi connectivity index (χ1v) is 6.01. The zero-order valence-corrected chi connectivity index (χ0v) is 10.2. The molecule has 0 spiro atoms. The molecule has 0 atom stereocenters. The number of para-hydroxylation sites is 1. The van der Waals surface area contributed by atoms with Gasteiger partial charge in [-0.05, 0) is 40.9 Å². The van der Waals surface area contributed by atoms with Crippen molar-refractivity contribution in [3.05, 3.63) is 28.5 Å². The average Bonchev–Trinajstić information content (AvgIpc) is 3.02. The molecule has 1 aromatic heterocycles. The van der Waals surface area contributed by atoms with Gasteiger partial charge in [0.1, 0.15) is 5.82 Å². The van der Waals surface area contributed by atoms with E-state index < -0.39 is 0 Å². The Morgan fingerprint density at radius 1 is 1.38 bits per heavy atom. The highest BCUT2D eigenvalue weighted by Gasteiger charge is 2.27. The standard InChI is InChI=1S/C11H11BrN4/c12-8-3-1-2-7(9(8)13)11-14-10(15-16-11)6-4-5-6/h1-3,6H,4-5,13H2,(H,14,15,16). The first-order valence-electron chi connectivity index (χ1n) is 5.22. The average molecular weight is 279 g/mol. The van der Waals surface area contributed by atoms with Crippen molar-refractivity contribution in [3.8, 4) is 11.4 Å². The summed E-state index contributed by atoms with van der Waals surface area (Å²) in [6.45, 7) is 0. The fourth-order valence-corrected chi connectivity index (χ4v) is 2.03. The minimum Gasteiger partial charge on any atom is -0.397 e. The second-order valence-electron chi connectivity index (χ2n) is 4.02. The molecule has 1 aliphatic carbocycles. The van der Waals surface area contributed by atoms with Gasteiger partial charge in [0.25, 0.3) is 0 Å². The van der Waals surface area contributed by atoms with E-state index in [2.05, 4.69) is 31.1 Å². The smallest absolute Gasteiger partial charge is 0.183 e. The van der Waals surface area contributed by atoms with Gasteiger partial charge >= 0.3 is 0 Å². The normalized spacial score (nSPS) is 15.3. The van der Waals surface area contributed by atoms with Crippen LogP contribution in [0.4, 0.5) is 5.69 Å². The van der Waals surface area contributed by atoms with Gasteiger partial charge in [0, 0.05) is 16.0 Å². The van der Waals surface area contributed by atoms with E-state index in [9.17, 15) is 0 Å². The highest BCUT2D eigenvalue weighted by Crippen LogP contribution is 2.39. The SMILES string of the molecule is Nc1c(Br)cccc1-c1n[nH]c(C2CC2)n1. The number of benzene rings is 1. The van der Waals surface area contributed by atoms with E-state index in [1.54, 1.807) is 0 Å². The van der Waals surface area contributed by atoms with E-state index in [1.165, 1.54) is 12.8 Å². The van der Waals surface area contributed by atoms with E-state index in [4.69, 9.17) is 5.73 Å². The fraction of sp³-hybridized carbons (Fsp3) is 0.273. The number of hydrogen-bond donors (Lipinski definition) is 2. The molecule has 0 saturated heterocycles. The van der Waals surface area contributed by atoms with Gasteiger partial charge in [0.2, 0.25) is 0 Å². The summed E-state index contributed by atoms with van der Waals surface area (Å²) in [5.74, 6) is 2.24. The van der Waals surface area contributed by atoms with Crippen LogP contribution in [0.1, 0.15) is 24.6 Å². The zero-order chi connectivity index (χ0) is 11.1. The maximum atomic E-state index is 5.97. The molecular formula is C11H11BrN4. The molecule has 1 heterocycles. The lowest BCUT2D eigenvalue weighted by Crippen LogP contribution is -1.92. The number of aromatic nitrogens is 3. The summed E-state index contributed by atoms with van der Waals surface area (Å²) in [5.41, 5.74) is 7.53. The highest BCUT2D eigenvalue weighted by atomic mass is 79.9. The van der Waals surface area contributed by atoms with Crippen molar-refractivity contribution < 1.29 is 0 Å². The third-order valence-electron chi connectivity index (χ3n) is 2.76. The largest absolute Gasteiger partial charge is 0.397 e. The molecule has 82 valence electrons. The molecule has 0 amide bonds. The quantitative estimate of drug-likeness (QED) is 0.830. The van der Waals surface area contributed by atoms with Gasteiger partial charge in [-0.25, -0.2) is 4.98 Å². The van der Waals surface area contributed by atoms with Crippen molar-refractivity contribution >= 4 is 21.6 Å². The molecule has 5 heteroatoms. The minimum absolute atomic E-state index is 0.578. The maximum Gasteiger partial charge on any atom is 0.183 e. The molecule has 1 saturated carbocycles. The number of halogens is 1. The topological polar surface area (TPSA) is 67.6 Å². The molecule has 0 bridgehead atoms. The van der Waals surface area contributed by atoms with Crippen LogP contribution in [0.3, 0.4) is 0 Å². The Labute approximate surface area is 101 Å². The Bertz CT molecular complexity index is 531. The second kappa shape index (κ2) is 3.59. The summed E-state index contributed by atoms with van der Waals surface area (Å²) < 4.78 is 0.878. The van der Waals surface area contributed by atoms with Crippen LogP contribution in [0.25, 0.3) is 11.4 Å². The van der Waals surface area contributed by atoms with E-state index in [0.29, 0.717) is 17.4 Å². The molecule has 1 aliphatic rings. The Morgan fingerprint density at radius 2 is 2.19 bits per heavy atom. The lowest BCUT2D eigenvalue weighted by Gasteiger charge is -2.02. The monoisotopic (exact) mass is 278 g/mol. The van der Waals surface area contributed by atoms with E-state index in [-0.39, 0.29) is 0 Å². The number of hydrogen-bond acceptors (Lipinski definition) is 3. The van der Waals surface area contributed by atoms with Gasteiger partial charge in [-0.3, -0.25) is 5.10 Å². The van der Waals surface area contributed by atoms with Crippen LogP contribution in [-0.4, -0.2) is 15.2 Å². The summed E-state index contributed by atoms with van der Waals surface area (Å²) in [7, 11) is 0. The Morgan fingerprint density at radius 3 is 2.94 bits per heavy atom. The number of aromatic amines is 1. The van der Waals surface area contributed by atoms with Crippen molar-refractivity contribution in [2.75, 3.05) is 5.73 Å². The van der Waals surface area contributed by atoms with Crippen LogP contribution < -0.4 is 5.73 Å². The minimum atomic E-state index is 0.578. The summed E-state index contributed by atoms with van der Waals surface area (Å²) in [5, 5.41) is 7.19. The third-order valence-corrected chi connectivity index (χ3v) is 3.45. The molecule has 4 nitrogen and oxygen atoms in total. The van der Waals surface area contributed by atoms with Gasteiger partial charge in [-0.1, -0.05) is 6.07 Å². The maximum absolute atomic E-state index is 5.97. The van der Waals surface area contributed by atoms with Crippen molar-refractivity contribution in [3.63, 3.8) is 0 Å². The van der Waals surface area contributed by atoms with Gasteiger partial charge in [0.15, 0.2) is 5.82 Å². The number of rotatable bonds is 2. The molecule has 1 aromatic carbocycles. The summed E-state index contributed by atoms with van der Waals surface area (Å²) >= 11 is 3.40. The number of nitrogens with two attached hydrogens (primary N) is 1. The second-order valence-corrected chi connectivity index (χ2v) is 4.87. The lowest BCUT2D eigenvalue weighted by atomic mass is 10.2. The van der Waals surface area contributed by atoms with Crippen molar-refractivity contribution in [1.29, 1.82) is 0 Å². The van der Waals surface area contributed by atoms with Crippen LogP contribution >= 0.6 is 15.9 Å². The Hall–Kier alpha value is -1.36. The van der Waals surface area contributed by atoms with Crippen LogP contribution in [-0.2, 0) is 0 Å². The molecule has 3 rings (SSSR count). The number of nitrogen functional groups attached to an aromatic ring is 1. The molecule has 3 N–H and O–H groups in total. The summed E-state index contributed by atoms with van der Waals surface area (Å²) in [4.78, 5) is 4.48. The van der Waals surface area contributed by atoms with Crippen LogP contribution in [0.15, 0.2) is 22.7 Å². The van der Waals surface area contributed by atoms with E-state index in [1.807, 2.05) is 18.2 Å². The zero-order valence-electron chi connectivity index (χ0n) is 8.57. The van der Waals surface area contributed by atoms with Crippen molar-refractivity contribution in [2.24, 2.45) is 0 Å². The molecule has 1 fully saturated rings. The van der Waals surface area contributed by atoms with Crippen LogP contribution in [0, 0.1) is 0 Å². The Kier molecular flexibility index (Phi) is 2.21. The van der Waals surface area contributed by atoms with Gasteiger partial charge in [0.05, 0.1) is 5.69 Å². The molecule has 16 heavy (non-hydrogen) atoms. The first kappa shape index (κ1) is 9.84. The van der Waals surface area contributed by atoms with Crippen molar-refractivity contribution in [1.82, 2.24) is 15.2 Å². The predicted octanol–water partition coefficient (Wildman–Crippen LogP) is 2.69. The molecular weight excluding hydrogens is 268 g/mol. The van der Waals surface area contributed by atoms with E-state index >= 15 is 0 Å². The Balaban J connectivity index is 2.03. The fourth-order valence-electron chi connectivity index (χ4n) is 1.67. The number of nitrogens with one attached hydrogen (secondary N) is 1. The molecule has 0 unspecified atom stereocenters. The number of H-pyrrole nitrogens is 1. The number of anilines is 1. The number of nitrogens with zero attached hydrogens (tertiary/aromatic N) is 2. The lowest BCUT2D eigenvalue weighted by molar-refractivity contribution is 0.935. The van der Waals surface area contributed by atoms with Crippen LogP contribution in [0.5, 0.6) is 0 Å². The first-order chi connectivity index (χ1) is 7.75. The highest BCUT2D eigenvalue weighted by molar-refractivity contribution is 9.10. The molecule has 0 radical (unpaired) electrons. The van der Waals surface area contributed by atoms with Gasteiger partial charge < -0.3 is 5.73 Å². The molecule has 2 aromatic rings. The third kappa shape index (κ3) is 1.61. The van der Waals surface area contributed by atoms with Gasteiger partial charge in [-0.2, -0.15) is 5.10 Å².